The van der Waals surface area contributed by atoms with E-state index >= 15 is 0 Å². The third-order valence-electron chi connectivity index (χ3n) is 3.56. The molecule has 1 fully saturated rings. The molecule has 21 heavy (non-hydrogen) atoms. The van der Waals surface area contributed by atoms with Crippen molar-refractivity contribution >= 4 is 5.91 Å². The third kappa shape index (κ3) is 3.24. The lowest BCUT2D eigenvalue weighted by Crippen LogP contribution is -2.25. The van der Waals surface area contributed by atoms with Crippen LogP contribution in [0.3, 0.4) is 0 Å². The Hall–Kier alpha value is -2.29. The van der Waals surface area contributed by atoms with E-state index in [4.69, 9.17) is 4.74 Å². The van der Waals surface area contributed by atoms with E-state index in [0.717, 1.165) is 29.7 Å². The highest BCUT2D eigenvalue weighted by atomic mass is 16.5. The molecule has 0 heterocycles. The molecule has 1 N–H and O–H groups in total. The molecule has 108 valence electrons. The van der Waals surface area contributed by atoms with Crippen molar-refractivity contribution in [3.63, 3.8) is 0 Å². The highest BCUT2D eigenvalue weighted by Crippen LogP contribution is 2.30. The fourth-order valence-electron chi connectivity index (χ4n) is 2.28. The zero-order chi connectivity index (χ0) is 14.7. The monoisotopic (exact) mass is 281 g/mol. The largest absolute Gasteiger partial charge is 0.493 e. The molecular weight excluding hydrogens is 262 g/mol. The summed E-state index contributed by atoms with van der Waals surface area (Å²) in [6, 6.07) is 16.0. The third-order valence-corrected chi connectivity index (χ3v) is 3.56. The number of amides is 1. The van der Waals surface area contributed by atoms with Crippen molar-refractivity contribution in [3.8, 4) is 16.9 Å². The Balaban J connectivity index is 1.81. The quantitative estimate of drug-likeness (QED) is 0.908. The van der Waals surface area contributed by atoms with Gasteiger partial charge in [-0.2, -0.15) is 0 Å². The molecule has 1 aliphatic carbocycles. The maximum atomic E-state index is 12.0. The second kappa shape index (κ2) is 6.00. The van der Waals surface area contributed by atoms with Crippen molar-refractivity contribution in [2.24, 2.45) is 0 Å². The van der Waals surface area contributed by atoms with Crippen LogP contribution in [0.1, 0.15) is 30.1 Å². The summed E-state index contributed by atoms with van der Waals surface area (Å²) >= 11 is 0. The minimum atomic E-state index is 0.0159. The van der Waals surface area contributed by atoms with Gasteiger partial charge in [0.15, 0.2) is 0 Å². The summed E-state index contributed by atoms with van der Waals surface area (Å²) in [4.78, 5) is 12.0. The van der Waals surface area contributed by atoms with Crippen LogP contribution in [0.15, 0.2) is 48.5 Å². The van der Waals surface area contributed by atoms with Crippen LogP contribution in [0.2, 0.25) is 0 Å². The first kappa shape index (κ1) is 13.7. The molecule has 2 aromatic rings. The second-order valence-corrected chi connectivity index (χ2v) is 5.25. The van der Waals surface area contributed by atoms with Crippen molar-refractivity contribution in [1.29, 1.82) is 0 Å². The Morgan fingerprint density at radius 3 is 2.52 bits per heavy atom. The number of nitrogens with one attached hydrogen (secondary N) is 1. The zero-order valence-electron chi connectivity index (χ0n) is 12.1. The Morgan fingerprint density at radius 2 is 1.86 bits per heavy atom. The van der Waals surface area contributed by atoms with Crippen molar-refractivity contribution in [3.05, 3.63) is 54.1 Å². The number of carbonyl (C=O) groups excluding carboxylic acids is 1. The molecule has 0 saturated heterocycles. The molecule has 0 aliphatic heterocycles. The van der Waals surface area contributed by atoms with Gasteiger partial charge in [0.1, 0.15) is 5.75 Å². The second-order valence-electron chi connectivity index (χ2n) is 5.25. The lowest BCUT2D eigenvalue weighted by Gasteiger charge is -2.10. The summed E-state index contributed by atoms with van der Waals surface area (Å²) in [5, 5.41) is 3.00. The molecule has 3 rings (SSSR count). The molecule has 0 bridgehead atoms. The minimum Gasteiger partial charge on any atom is -0.493 e. The molecule has 0 unspecified atom stereocenters. The lowest BCUT2D eigenvalue weighted by molar-refractivity contribution is 0.0951. The summed E-state index contributed by atoms with van der Waals surface area (Å²) in [5.41, 5.74) is 2.81. The Kier molecular flexibility index (Phi) is 3.91. The molecule has 1 amide bonds. The van der Waals surface area contributed by atoms with Crippen LogP contribution < -0.4 is 10.1 Å². The van der Waals surface area contributed by atoms with Crippen LogP contribution in [0, 0.1) is 0 Å². The SMILES string of the molecule is CCOc1ccccc1-c1ccc(C(=O)NC2CC2)cc1. The van der Waals surface area contributed by atoms with Crippen LogP contribution in [-0.2, 0) is 0 Å². The van der Waals surface area contributed by atoms with Gasteiger partial charge in [-0.25, -0.2) is 0 Å². The number of rotatable bonds is 5. The smallest absolute Gasteiger partial charge is 0.251 e. The Bertz CT molecular complexity index is 630. The molecule has 1 aliphatic rings. The predicted molar refractivity (Wildman–Crippen MR) is 83.5 cm³/mol. The number of para-hydroxylation sites is 1. The van der Waals surface area contributed by atoms with Gasteiger partial charge in [-0.1, -0.05) is 30.3 Å². The minimum absolute atomic E-state index is 0.0159. The number of hydrogen-bond donors (Lipinski definition) is 1. The van der Waals surface area contributed by atoms with Gasteiger partial charge in [0, 0.05) is 17.2 Å². The van der Waals surface area contributed by atoms with Gasteiger partial charge in [-0.3, -0.25) is 4.79 Å². The maximum absolute atomic E-state index is 12.0. The summed E-state index contributed by atoms with van der Waals surface area (Å²) < 4.78 is 5.65. The van der Waals surface area contributed by atoms with Gasteiger partial charge in [0.2, 0.25) is 0 Å². The molecule has 3 heteroatoms. The van der Waals surface area contributed by atoms with E-state index < -0.39 is 0 Å². The number of ether oxygens (including phenoxy) is 1. The zero-order valence-corrected chi connectivity index (χ0v) is 12.1. The standard InChI is InChI=1S/C18H19NO2/c1-2-21-17-6-4-3-5-16(17)13-7-9-14(10-8-13)18(20)19-15-11-12-15/h3-10,15H,2,11-12H2,1H3,(H,19,20). The van der Waals surface area contributed by atoms with Gasteiger partial charge < -0.3 is 10.1 Å². The van der Waals surface area contributed by atoms with Crippen molar-refractivity contribution in [1.82, 2.24) is 5.32 Å². The fraction of sp³-hybridized carbons (Fsp3) is 0.278. The van der Waals surface area contributed by atoms with Gasteiger partial charge in [-0.05, 0) is 43.5 Å². The molecule has 2 aromatic carbocycles. The van der Waals surface area contributed by atoms with Crippen LogP contribution in [0.25, 0.3) is 11.1 Å². The first-order chi connectivity index (χ1) is 10.3. The van der Waals surface area contributed by atoms with Crippen molar-refractivity contribution < 1.29 is 9.53 Å². The van der Waals surface area contributed by atoms with Crippen LogP contribution in [0.4, 0.5) is 0 Å². The van der Waals surface area contributed by atoms with E-state index in [-0.39, 0.29) is 5.91 Å². The van der Waals surface area contributed by atoms with E-state index in [9.17, 15) is 4.79 Å². The lowest BCUT2D eigenvalue weighted by atomic mass is 10.0. The molecule has 0 aromatic heterocycles. The normalized spacial score (nSPS) is 13.8. The molecule has 0 spiro atoms. The van der Waals surface area contributed by atoms with E-state index in [1.54, 1.807) is 0 Å². The molecule has 1 saturated carbocycles. The van der Waals surface area contributed by atoms with E-state index in [1.165, 1.54) is 0 Å². The first-order valence-corrected chi connectivity index (χ1v) is 7.41. The summed E-state index contributed by atoms with van der Waals surface area (Å²) in [7, 11) is 0. The molecule has 0 atom stereocenters. The molecular formula is C18H19NO2. The van der Waals surface area contributed by atoms with E-state index in [2.05, 4.69) is 5.32 Å². The highest BCUT2D eigenvalue weighted by molar-refractivity contribution is 5.95. The Morgan fingerprint density at radius 1 is 1.14 bits per heavy atom. The predicted octanol–water partition coefficient (Wildman–Crippen LogP) is 3.64. The topological polar surface area (TPSA) is 38.3 Å². The van der Waals surface area contributed by atoms with Crippen molar-refractivity contribution in [2.75, 3.05) is 6.61 Å². The van der Waals surface area contributed by atoms with E-state index in [0.29, 0.717) is 18.2 Å². The first-order valence-electron chi connectivity index (χ1n) is 7.41. The number of benzene rings is 2. The van der Waals surface area contributed by atoms with E-state index in [1.807, 2.05) is 55.5 Å². The van der Waals surface area contributed by atoms with Gasteiger partial charge in [-0.15, -0.1) is 0 Å². The van der Waals surface area contributed by atoms with Gasteiger partial charge in [0.25, 0.3) is 5.91 Å². The fourth-order valence-corrected chi connectivity index (χ4v) is 2.28. The average molecular weight is 281 g/mol. The molecule has 0 radical (unpaired) electrons. The maximum Gasteiger partial charge on any atom is 0.251 e. The van der Waals surface area contributed by atoms with Gasteiger partial charge in [0.05, 0.1) is 6.61 Å². The number of hydrogen-bond acceptors (Lipinski definition) is 2. The highest BCUT2D eigenvalue weighted by Gasteiger charge is 2.23. The van der Waals surface area contributed by atoms with Gasteiger partial charge >= 0.3 is 0 Å². The van der Waals surface area contributed by atoms with Crippen molar-refractivity contribution in [2.45, 2.75) is 25.8 Å². The number of carbonyl (C=O) groups is 1. The summed E-state index contributed by atoms with van der Waals surface area (Å²) in [5.74, 6) is 0.886. The van der Waals surface area contributed by atoms with Crippen LogP contribution >= 0.6 is 0 Å². The van der Waals surface area contributed by atoms with Crippen LogP contribution in [0.5, 0.6) is 5.75 Å². The van der Waals surface area contributed by atoms with Crippen LogP contribution in [-0.4, -0.2) is 18.6 Å². The average Bonchev–Trinajstić information content (AvgIpc) is 3.32. The summed E-state index contributed by atoms with van der Waals surface area (Å²) in [6.07, 6.45) is 2.21. The Labute approximate surface area is 124 Å². The summed E-state index contributed by atoms with van der Waals surface area (Å²) in [6.45, 7) is 2.61. The molecule has 3 nitrogen and oxygen atoms in total.